The molecular formula is C16H26N4O4. The molecule has 0 aromatic heterocycles. The van der Waals surface area contributed by atoms with Crippen LogP contribution in [0.2, 0.25) is 0 Å². The van der Waals surface area contributed by atoms with Gasteiger partial charge in [0.25, 0.3) is 5.91 Å². The Morgan fingerprint density at radius 2 is 1.88 bits per heavy atom. The molecule has 0 bridgehead atoms. The van der Waals surface area contributed by atoms with Gasteiger partial charge >= 0.3 is 6.03 Å². The van der Waals surface area contributed by atoms with E-state index in [1.54, 1.807) is 11.9 Å². The van der Waals surface area contributed by atoms with Crippen LogP contribution in [-0.2, 0) is 14.3 Å². The van der Waals surface area contributed by atoms with E-state index in [2.05, 4.69) is 4.90 Å². The van der Waals surface area contributed by atoms with E-state index >= 15 is 0 Å². The Hall–Kier alpha value is -1.67. The van der Waals surface area contributed by atoms with Crippen LogP contribution in [0.15, 0.2) is 0 Å². The van der Waals surface area contributed by atoms with Crippen molar-refractivity contribution in [3.8, 4) is 0 Å². The van der Waals surface area contributed by atoms with E-state index in [0.717, 1.165) is 50.5 Å². The number of hydrogen-bond acceptors (Lipinski definition) is 5. The van der Waals surface area contributed by atoms with Crippen LogP contribution in [0, 0.1) is 0 Å². The van der Waals surface area contributed by atoms with Gasteiger partial charge < -0.3 is 14.5 Å². The van der Waals surface area contributed by atoms with Gasteiger partial charge in [0.05, 0.1) is 0 Å². The Morgan fingerprint density at radius 3 is 2.54 bits per heavy atom. The van der Waals surface area contributed by atoms with Crippen molar-refractivity contribution in [1.29, 1.82) is 0 Å². The first-order valence-corrected chi connectivity index (χ1v) is 8.71. The van der Waals surface area contributed by atoms with E-state index in [9.17, 15) is 14.4 Å². The van der Waals surface area contributed by atoms with E-state index in [-0.39, 0.29) is 30.9 Å². The molecule has 3 rings (SSSR count). The van der Waals surface area contributed by atoms with E-state index in [4.69, 9.17) is 4.74 Å². The predicted molar refractivity (Wildman–Crippen MR) is 86.4 cm³/mol. The SMILES string of the molecule is CN1CC(=O)N(CC(=O)N2CCCN(C3CCOCC3)CC2)C1=O. The monoisotopic (exact) mass is 338 g/mol. The molecule has 0 saturated carbocycles. The summed E-state index contributed by atoms with van der Waals surface area (Å²) < 4.78 is 5.42. The molecule has 0 N–H and O–H groups in total. The number of likely N-dealkylation sites (N-methyl/N-ethyl adjacent to an activating group) is 1. The molecule has 0 aliphatic carbocycles. The van der Waals surface area contributed by atoms with Crippen LogP contribution in [-0.4, -0.2) is 103 Å². The highest BCUT2D eigenvalue weighted by molar-refractivity contribution is 6.04. The van der Waals surface area contributed by atoms with Crippen molar-refractivity contribution >= 4 is 17.8 Å². The minimum atomic E-state index is -0.382. The zero-order valence-electron chi connectivity index (χ0n) is 14.3. The first-order chi connectivity index (χ1) is 11.6. The number of carbonyl (C=O) groups excluding carboxylic acids is 3. The molecule has 8 heteroatoms. The Labute approximate surface area is 142 Å². The van der Waals surface area contributed by atoms with Crippen molar-refractivity contribution in [2.24, 2.45) is 0 Å². The average Bonchev–Trinajstić information content (AvgIpc) is 2.79. The lowest BCUT2D eigenvalue weighted by atomic mass is 10.1. The summed E-state index contributed by atoms with van der Waals surface area (Å²) in [7, 11) is 1.57. The van der Waals surface area contributed by atoms with Gasteiger partial charge in [0.2, 0.25) is 5.91 Å². The number of nitrogens with zero attached hydrogens (tertiary/aromatic N) is 4. The molecule has 3 aliphatic rings. The van der Waals surface area contributed by atoms with E-state index < -0.39 is 0 Å². The molecule has 0 atom stereocenters. The van der Waals surface area contributed by atoms with Gasteiger partial charge in [0.1, 0.15) is 13.1 Å². The first kappa shape index (κ1) is 17.2. The van der Waals surface area contributed by atoms with Crippen LogP contribution in [0.5, 0.6) is 0 Å². The van der Waals surface area contributed by atoms with Gasteiger partial charge in [0.15, 0.2) is 0 Å². The molecule has 24 heavy (non-hydrogen) atoms. The van der Waals surface area contributed by atoms with Crippen molar-refractivity contribution in [2.75, 3.05) is 59.5 Å². The third kappa shape index (κ3) is 3.70. The fourth-order valence-corrected chi connectivity index (χ4v) is 3.66. The standard InChI is InChI=1S/C16H26N4O4/c1-17-11-15(22)20(16(17)23)12-14(21)19-6-2-5-18(7-8-19)13-3-9-24-10-4-13/h13H,2-12H2,1H3. The summed E-state index contributed by atoms with van der Waals surface area (Å²) in [6.45, 7) is 4.72. The topological polar surface area (TPSA) is 73.4 Å². The summed E-state index contributed by atoms with van der Waals surface area (Å²) in [5, 5.41) is 0. The molecule has 3 fully saturated rings. The number of urea groups is 1. The Balaban J connectivity index is 1.53. The zero-order chi connectivity index (χ0) is 17.1. The molecular weight excluding hydrogens is 312 g/mol. The molecule has 8 nitrogen and oxygen atoms in total. The lowest BCUT2D eigenvalue weighted by Gasteiger charge is -2.33. The van der Waals surface area contributed by atoms with Gasteiger partial charge in [-0.15, -0.1) is 0 Å². The van der Waals surface area contributed by atoms with Crippen LogP contribution >= 0.6 is 0 Å². The second kappa shape index (κ2) is 7.48. The number of amides is 4. The van der Waals surface area contributed by atoms with Crippen LogP contribution in [0.4, 0.5) is 4.79 Å². The molecule has 3 heterocycles. The highest BCUT2D eigenvalue weighted by Crippen LogP contribution is 2.17. The fraction of sp³-hybridized carbons (Fsp3) is 0.812. The zero-order valence-corrected chi connectivity index (χ0v) is 14.3. The van der Waals surface area contributed by atoms with Crippen LogP contribution in [0.1, 0.15) is 19.3 Å². The second-order valence-electron chi connectivity index (χ2n) is 6.73. The Kier molecular flexibility index (Phi) is 5.35. The predicted octanol–water partition coefficient (Wildman–Crippen LogP) is -0.406. The van der Waals surface area contributed by atoms with E-state index in [0.29, 0.717) is 19.1 Å². The molecule has 3 saturated heterocycles. The van der Waals surface area contributed by atoms with Gasteiger partial charge in [-0.3, -0.25) is 19.4 Å². The minimum absolute atomic E-state index is 0.0592. The van der Waals surface area contributed by atoms with Crippen LogP contribution in [0.3, 0.4) is 0 Å². The molecule has 134 valence electrons. The summed E-state index contributed by atoms with van der Waals surface area (Å²) in [5.74, 6) is -0.435. The summed E-state index contributed by atoms with van der Waals surface area (Å²) in [6, 6.07) is 0.163. The van der Waals surface area contributed by atoms with Gasteiger partial charge in [-0.05, 0) is 19.3 Å². The molecule has 0 spiro atoms. The fourth-order valence-electron chi connectivity index (χ4n) is 3.66. The normalized spacial score (nSPS) is 24.6. The van der Waals surface area contributed by atoms with E-state index in [1.807, 2.05) is 0 Å². The largest absolute Gasteiger partial charge is 0.381 e. The summed E-state index contributed by atoms with van der Waals surface area (Å²) in [4.78, 5) is 42.9. The molecule has 0 aromatic carbocycles. The minimum Gasteiger partial charge on any atom is -0.381 e. The third-order valence-corrected chi connectivity index (χ3v) is 5.11. The maximum atomic E-state index is 12.5. The van der Waals surface area contributed by atoms with Gasteiger partial charge in [0, 0.05) is 52.5 Å². The summed E-state index contributed by atoms with van der Waals surface area (Å²) in [5.41, 5.74) is 0. The number of rotatable bonds is 3. The van der Waals surface area contributed by atoms with Crippen LogP contribution in [0.25, 0.3) is 0 Å². The van der Waals surface area contributed by atoms with Crippen molar-refractivity contribution in [1.82, 2.24) is 19.6 Å². The van der Waals surface area contributed by atoms with Crippen LogP contribution < -0.4 is 0 Å². The lowest BCUT2D eigenvalue weighted by molar-refractivity contribution is -0.136. The van der Waals surface area contributed by atoms with Gasteiger partial charge in [-0.1, -0.05) is 0 Å². The summed E-state index contributed by atoms with van der Waals surface area (Å²) in [6.07, 6.45) is 3.03. The first-order valence-electron chi connectivity index (χ1n) is 8.71. The number of ether oxygens (including phenoxy) is 1. The van der Waals surface area contributed by atoms with Crippen molar-refractivity contribution in [2.45, 2.75) is 25.3 Å². The highest BCUT2D eigenvalue weighted by Gasteiger charge is 2.36. The number of hydrogen-bond donors (Lipinski definition) is 0. The maximum Gasteiger partial charge on any atom is 0.327 e. The molecule has 4 amide bonds. The number of carbonyl (C=O) groups is 3. The molecule has 0 aromatic rings. The van der Waals surface area contributed by atoms with Crippen molar-refractivity contribution < 1.29 is 19.1 Å². The summed E-state index contributed by atoms with van der Waals surface area (Å²) >= 11 is 0. The van der Waals surface area contributed by atoms with E-state index in [1.165, 1.54) is 4.90 Å². The van der Waals surface area contributed by atoms with Gasteiger partial charge in [-0.2, -0.15) is 0 Å². The maximum absolute atomic E-state index is 12.5. The molecule has 3 aliphatic heterocycles. The molecule has 0 unspecified atom stereocenters. The average molecular weight is 338 g/mol. The lowest BCUT2D eigenvalue weighted by Crippen LogP contribution is -2.45. The Morgan fingerprint density at radius 1 is 1.12 bits per heavy atom. The second-order valence-corrected chi connectivity index (χ2v) is 6.73. The highest BCUT2D eigenvalue weighted by atomic mass is 16.5. The number of imide groups is 1. The third-order valence-electron chi connectivity index (χ3n) is 5.11. The van der Waals surface area contributed by atoms with Crippen molar-refractivity contribution in [3.63, 3.8) is 0 Å². The van der Waals surface area contributed by atoms with Gasteiger partial charge in [-0.25, -0.2) is 4.79 Å². The Bertz CT molecular complexity index is 506. The quantitative estimate of drug-likeness (QED) is 0.655. The smallest absolute Gasteiger partial charge is 0.327 e. The molecule has 0 radical (unpaired) electrons. The van der Waals surface area contributed by atoms with Crippen molar-refractivity contribution in [3.05, 3.63) is 0 Å².